The molecule has 0 radical (unpaired) electrons. The second kappa shape index (κ2) is 9.75. The molecule has 0 aliphatic rings. The van der Waals surface area contributed by atoms with E-state index in [0.29, 0.717) is 27.0 Å². The Labute approximate surface area is 177 Å². The minimum atomic E-state index is -0.787. The molecule has 0 fully saturated rings. The lowest BCUT2D eigenvalue weighted by atomic mass is 10.1. The Morgan fingerprint density at radius 3 is 2.33 bits per heavy atom. The van der Waals surface area contributed by atoms with Gasteiger partial charge in [-0.05, 0) is 37.4 Å². The number of ether oxygens (including phenoxy) is 2. The highest BCUT2D eigenvalue weighted by Gasteiger charge is 2.23. The van der Waals surface area contributed by atoms with E-state index in [-0.39, 0.29) is 19.1 Å². The quantitative estimate of drug-likeness (QED) is 0.571. The van der Waals surface area contributed by atoms with Crippen LogP contribution in [0.4, 0.5) is 21.0 Å². The Balaban J connectivity index is 2.01. The van der Waals surface area contributed by atoms with Gasteiger partial charge in [0.2, 0.25) is 0 Å². The van der Waals surface area contributed by atoms with Crippen LogP contribution >= 0.6 is 11.3 Å². The molecule has 8 nitrogen and oxygen atoms in total. The number of anilines is 2. The summed E-state index contributed by atoms with van der Waals surface area (Å²) in [5, 5.41) is 7.04. The predicted octanol–water partition coefficient (Wildman–Crippen LogP) is 4.78. The monoisotopic (exact) mass is 427 g/mol. The van der Waals surface area contributed by atoms with Gasteiger partial charge in [-0.3, -0.25) is 4.79 Å². The molecular formula is C21H21N3O5S. The number of hydrogen-bond donors (Lipinski definition) is 2. The number of carbonyl (C=O) groups excluding carboxylic acids is 3. The van der Waals surface area contributed by atoms with E-state index in [1.54, 1.807) is 50.2 Å². The van der Waals surface area contributed by atoms with Gasteiger partial charge in [-0.1, -0.05) is 30.3 Å². The number of hydrogen-bond acceptors (Lipinski definition) is 6. The van der Waals surface area contributed by atoms with Crippen molar-refractivity contribution < 1.29 is 23.9 Å². The van der Waals surface area contributed by atoms with E-state index in [4.69, 9.17) is 9.47 Å². The molecule has 0 aliphatic carbocycles. The standard InChI is InChI=1S/C21H21N3O5S/c1-3-28-20(26)23-24(21(27)29-4-2)17-12-11-16(14-8-5-6-9-15(14)17)22-19(25)18-10-7-13-30-18/h5-13H,3-4H2,1-2H3,(H,22,25)(H,23,26). The molecule has 0 saturated heterocycles. The van der Waals surface area contributed by atoms with E-state index in [1.165, 1.54) is 11.3 Å². The van der Waals surface area contributed by atoms with Crippen LogP contribution in [0.15, 0.2) is 53.9 Å². The van der Waals surface area contributed by atoms with Crippen molar-refractivity contribution in [2.75, 3.05) is 23.5 Å². The number of amides is 3. The molecule has 30 heavy (non-hydrogen) atoms. The molecule has 0 spiro atoms. The zero-order chi connectivity index (χ0) is 21.5. The first-order valence-electron chi connectivity index (χ1n) is 9.32. The molecule has 0 saturated carbocycles. The third-order valence-corrected chi connectivity index (χ3v) is 4.93. The van der Waals surface area contributed by atoms with Crippen molar-refractivity contribution in [1.82, 2.24) is 5.43 Å². The van der Waals surface area contributed by atoms with E-state index in [0.717, 1.165) is 5.01 Å². The van der Waals surface area contributed by atoms with E-state index in [9.17, 15) is 14.4 Å². The van der Waals surface area contributed by atoms with Crippen LogP contribution < -0.4 is 15.8 Å². The molecule has 0 bridgehead atoms. The summed E-state index contributed by atoms with van der Waals surface area (Å²) in [6, 6.07) is 14.0. The lowest BCUT2D eigenvalue weighted by Crippen LogP contribution is -2.47. The predicted molar refractivity (Wildman–Crippen MR) is 116 cm³/mol. The summed E-state index contributed by atoms with van der Waals surface area (Å²) in [5.74, 6) is -0.227. The number of hydrazine groups is 1. The minimum Gasteiger partial charge on any atom is -0.449 e. The van der Waals surface area contributed by atoms with E-state index < -0.39 is 12.2 Å². The number of thiophene rings is 1. The molecule has 1 heterocycles. The molecule has 0 atom stereocenters. The third-order valence-electron chi connectivity index (χ3n) is 4.06. The van der Waals surface area contributed by atoms with Gasteiger partial charge in [0.05, 0.1) is 23.8 Å². The van der Waals surface area contributed by atoms with E-state index in [2.05, 4.69) is 10.7 Å². The van der Waals surface area contributed by atoms with Gasteiger partial charge in [-0.2, -0.15) is 5.01 Å². The van der Waals surface area contributed by atoms with Gasteiger partial charge in [0.25, 0.3) is 5.91 Å². The molecule has 1 aromatic heterocycles. The van der Waals surface area contributed by atoms with Crippen LogP contribution in [0.5, 0.6) is 0 Å². The highest BCUT2D eigenvalue weighted by atomic mass is 32.1. The average molecular weight is 427 g/mol. The third kappa shape index (κ3) is 4.69. The summed E-state index contributed by atoms with van der Waals surface area (Å²) >= 11 is 1.34. The van der Waals surface area contributed by atoms with Crippen LogP contribution in [0.3, 0.4) is 0 Å². The van der Waals surface area contributed by atoms with Crippen molar-refractivity contribution in [3.8, 4) is 0 Å². The number of rotatable bonds is 5. The smallest absolute Gasteiger partial charge is 0.433 e. The zero-order valence-corrected chi connectivity index (χ0v) is 17.3. The Bertz CT molecular complexity index is 1050. The first-order chi connectivity index (χ1) is 14.5. The summed E-state index contributed by atoms with van der Waals surface area (Å²) < 4.78 is 9.98. The highest BCUT2D eigenvalue weighted by Crippen LogP contribution is 2.32. The Kier molecular flexibility index (Phi) is 6.87. The maximum Gasteiger partial charge on any atom is 0.433 e. The first-order valence-corrected chi connectivity index (χ1v) is 10.2. The molecule has 3 amide bonds. The summed E-state index contributed by atoms with van der Waals surface area (Å²) in [7, 11) is 0. The van der Waals surface area contributed by atoms with Gasteiger partial charge in [0.15, 0.2) is 0 Å². The fourth-order valence-corrected chi connectivity index (χ4v) is 3.44. The lowest BCUT2D eigenvalue weighted by molar-refractivity contribution is 0.103. The molecule has 2 N–H and O–H groups in total. The molecule has 0 unspecified atom stereocenters. The van der Waals surface area contributed by atoms with Crippen molar-refractivity contribution in [3.05, 3.63) is 58.8 Å². The fraction of sp³-hybridized carbons (Fsp3) is 0.190. The maximum atomic E-state index is 12.5. The summed E-state index contributed by atoms with van der Waals surface area (Å²) in [5.41, 5.74) is 3.36. The average Bonchev–Trinajstić information content (AvgIpc) is 3.28. The Morgan fingerprint density at radius 2 is 1.67 bits per heavy atom. The number of fused-ring (bicyclic) bond motifs is 1. The van der Waals surface area contributed by atoms with Crippen molar-refractivity contribution >= 4 is 51.6 Å². The molecule has 0 aliphatic heterocycles. The molecule has 9 heteroatoms. The van der Waals surface area contributed by atoms with Crippen molar-refractivity contribution in [3.63, 3.8) is 0 Å². The first kappa shape index (κ1) is 21.1. The number of nitrogens with one attached hydrogen (secondary N) is 2. The molecule has 3 rings (SSSR count). The maximum absolute atomic E-state index is 12.5. The fourth-order valence-electron chi connectivity index (χ4n) is 2.83. The molecule has 156 valence electrons. The van der Waals surface area contributed by atoms with Crippen molar-refractivity contribution in [1.29, 1.82) is 0 Å². The van der Waals surface area contributed by atoms with Crippen LogP contribution in [0.1, 0.15) is 23.5 Å². The Hall–Kier alpha value is -3.59. The Morgan fingerprint density at radius 1 is 0.933 bits per heavy atom. The van der Waals surface area contributed by atoms with Crippen molar-refractivity contribution in [2.24, 2.45) is 0 Å². The van der Waals surface area contributed by atoms with Gasteiger partial charge in [0.1, 0.15) is 0 Å². The summed E-state index contributed by atoms with van der Waals surface area (Å²) in [4.78, 5) is 37.6. The van der Waals surface area contributed by atoms with Crippen LogP contribution in [0.2, 0.25) is 0 Å². The van der Waals surface area contributed by atoms with E-state index >= 15 is 0 Å². The van der Waals surface area contributed by atoms with Crippen LogP contribution in [0, 0.1) is 0 Å². The van der Waals surface area contributed by atoms with Crippen LogP contribution in [-0.4, -0.2) is 31.3 Å². The largest absolute Gasteiger partial charge is 0.449 e. The SMILES string of the molecule is CCOC(=O)NN(C(=O)OCC)c1ccc(NC(=O)c2cccs2)c2ccccc12. The van der Waals surface area contributed by atoms with Gasteiger partial charge < -0.3 is 14.8 Å². The molecule has 3 aromatic rings. The van der Waals surface area contributed by atoms with Gasteiger partial charge in [-0.25, -0.2) is 15.0 Å². The zero-order valence-electron chi connectivity index (χ0n) is 16.5. The van der Waals surface area contributed by atoms with Gasteiger partial charge >= 0.3 is 12.2 Å². The van der Waals surface area contributed by atoms with Crippen LogP contribution in [-0.2, 0) is 9.47 Å². The van der Waals surface area contributed by atoms with Gasteiger partial charge in [0, 0.05) is 16.5 Å². The molecular weight excluding hydrogens is 406 g/mol. The number of nitrogens with zero attached hydrogens (tertiary/aromatic N) is 1. The summed E-state index contributed by atoms with van der Waals surface area (Å²) in [6.45, 7) is 3.61. The minimum absolute atomic E-state index is 0.132. The normalized spacial score (nSPS) is 10.3. The topological polar surface area (TPSA) is 97.0 Å². The number of carbonyl (C=O) groups is 3. The highest BCUT2D eigenvalue weighted by molar-refractivity contribution is 7.12. The van der Waals surface area contributed by atoms with Gasteiger partial charge in [-0.15, -0.1) is 11.3 Å². The molecule has 2 aromatic carbocycles. The van der Waals surface area contributed by atoms with Crippen LogP contribution in [0.25, 0.3) is 10.8 Å². The van der Waals surface area contributed by atoms with Crippen molar-refractivity contribution in [2.45, 2.75) is 13.8 Å². The summed E-state index contributed by atoms with van der Waals surface area (Å²) in [6.07, 6.45) is -1.55. The lowest BCUT2D eigenvalue weighted by Gasteiger charge is -2.24. The van der Waals surface area contributed by atoms with E-state index in [1.807, 2.05) is 17.5 Å². The second-order valence-corrected chi connectivity index (χ2v) is 6.92. The second-order valence-electron chi connectivity index (χ2n) is 5.98. The number of benzene rings is 2.